The number of aliphatic hydroxyl groups is 1. The number of pyridine rings is 1. The van der Waals surface area contributed by atoms with Gasteiger partial charge < -0.3 is 25.3 Å². The first-order valence-electron chi connectivity index (χ1n) is 11.6. The van der Waals surface area contributed by atoms with Crippen molar-refractivity contribution >= 4 is 10.9 Å². The van der Waals surface area contributed by atoms with Crippen LogP contribution in [0.2, 0.25) is 0 Å². The number of ether oxygens (including phenoxy) is 1. The Balaban J connectivity index is 1.34. The fourth-order valence-corrected chi connectivity index (χ4v) is 4.10. The van der Waals surface area contributed by atoms with E-state index >= 15 is 0 Å². The molecule has 4 N–H and O–H groups in total. The molecule has 0 saturated carbocycles. The summed E-state index contributed by atoms with van der Waals surface area (Å²) in [4.78, 5) is 14.2. The number of aliphatic hydroxyl groups excluding tert-OH is 1. The maximum Gasteiger partial charge on any atom is 0.306 e. The number of hydrogen-bond acceptors (Lipinski definition) is 5. The van der Waals surface area contributed by atoms with Crippen LogP contribution in [0.5, 0.6) is 11.5 Å². The minimum atomic E-state index is -3.10. The second-order valence-electron chi connectivity index (χ2n) is 8.82. The van der Waals surface area contributed by atoms with Gasteiger partial charge >= 0.3 is 5.92 Å². The monoisotopic (exact) mass is 494 g/mol. The molecule has 188 valence electrons. The van der Waals surface area contributed by atoms with Crippen molar-refractivity contribution in [2.45, 2.75) is 31.4 Å². The molecule has 36 heavy (non-hydrogen) atoms. The zero-order chi connectivity index (χ0) is 25.7. The Hall–Kier alpha value is -3.75. The molecule has 0 spiro atoms. The topological polar surface area (TPSA) is 94.6 Å². The Kier molecular flexibility index (Phi) is 7.67. The molecule has 4 rings (SSSR count). The van der Waals surface area contributed by atoms with Gasteiger partial charge in [-0.2, -0.15) is 8.78 Å². The molecule has 0 amide bonds. The van der Waals surface area contributed by atoms with E-state index in [0.29, 0.717) is 23.1 Å². The molecule has 0 fully saturated rings. The quantitative estimate of drug-likeness (QED) is 0.257. The van der Waals surface area contributed by atoms with Crippen molar-refractivity contribution in [3.63, 3.8) is 0 Å². The molecule has 0 radical (unpaired) electrons. The zero-order valence-corrected chi connectivity index (χ0v) is 19.7. The van der Waals surface area contributed by atoms with Crippen molar-refractivity contribution in [2.24, 2.45) is 0 Å². The molecule has 0 aliphatic heterocycles. The number of aromatic nitrogens is 1. The molecular weight excluding hydrogens is 466 g/mol. The van der Waals surface area contributed by atoms with Crippen LogP contribution in [0.15, 0.2) is 83.7 Å². The van der Waals surface area contributed by atoms with Gasteiger partial charge in [0.2, 0.25) is 5.56 Å². The minimum Gasteiger partial charge on any atom is -0.506 e. The molecule has 6 nitrogen and oxygen atoms in total. The zero-order valence-electron chi connectivity index (χ0n) is 19.7. The maximum atomic E-state index is 14.4. The highest BCUT2D eigenvalue weighted by atomic mass is 19.3. The Morgan fingerprint density at radius 2 is 1.81 bits per heavy atom. The Morgan fingerprint density at radius 3 is 2.58 bits per heavy atom. The smallest absolute Gasteiger partial charge is 0.306 e. The Morgan fingerprint density at radius 1 is 1.03 bits per heavy atom. The van der Waals surface area contributed by atoms with Gasteiger partial charge in [-0.3, -0.25) is 4.79 Å². The van der Waals surface area contributed by atoms with Gasteiger partial charge in [-0.05, 0) is 48.7 Å². The van der Waals surface area contributed by atoms with Crippen molar-refractivity contribution in [3.05, 3.63) is 106 Å². The predicted molar refractivity (Wildman–Crippen MR) is 135 cm³/mol. The number of hydrogen-bond donors (Lipinski definition) is 4. The lowest BCUT2D eigenvalue weighted by Gasteiger charge is -2.20. The van der Waals surface area contributed by atoms with Gasteiger partial charge in [0.1, 0.15) is 11.5 Å². The molecule has 0 aliphatic rings. The normalized spacial score (nSPS) is 13.4. The first kappa shape index (κ1) is 25.3. The molecule has 1 aromatic heterocycles. The summed E-state index contributed by atoms with van der Waals surface area (Å²) in [5.74, 6) is -2.81. The Bertz CT molecular complexity index is 1380. The summed E-state index contributed by atoms with van der Waals surface area (Å²) in [6, 6.07) is 20.6. The number of rotatable bonds is 10. The van der Waals surface area contributed by atoms with Crippen LogP contribution in [-0.2, 0) is 12.3 Å². The number of benzene rings is 3. The third-order valence-electron chi connectivity index (χ3n) is 5.98. The summed E-state index contributed by atoms with van der Waals surface area (Å²) in [6.07, 6.45) is -0.292. The second-order valence-corrected chi connectivity index (χ2v) is 8.82. The molecule has 0 bridgehead atoms. The van der Waals surface area contributed by atoms with Gasteiger partial charge in [0.25, 0.3) is 0 Å². The van der Waals surface area contributed by atoms with Gasteiger partial charge in [0.05, 0.1) is 11.6 Å². The van der Waals surface area contributed by atoms with E-state index in [0.717, 1.165) is 5.56 Å². The van der Waals surface area contributed by atoms with E-state index in [-0.39, 0.29) is 35.0 Å². The van der Waals surface area contributed by atoms with Crippen molar-refractivity contribution in [3.8, 4) is 11.5 Å². The van der Waals surface area contributed by atoms with Gasteiger partial charge in [-0.15, -0.1) is 0 Å². The van der Waals surface area contributed by atoms with Crippen LogP contribution in [-0.4, -0.2) is 34.4 Å². The first-order chi connectivity index (χ1) is 17.2. The highest BCUT2D eigenvalue weighted by molar-refractivity contribution is 5.87. The highest BCUT2D eigenvalue weighted by Crippen LogP contribution is 2.30. The van der Waals surface area contributed by atoms with Crippen molar-refractivity contribution in [1.29, 1.82) is 0 Å². The van der Waals surface area contributed by atoms with E-state index in [4.69, 9.17) is 4.74 Å². The minimum absolute atomic E-state index is 0.0381. The molecule has 4 aromatic rings. The van der Waals surface area contributed by atoms with Gasteiger partial charge in [-0.25, -0.2) is 0 Å². The maximum absolute atomic E-state index is 14.4. The summed E-state index contributed by atoms with van der Waals surface area (Å²) in [5.41, 5.74) is 1.32. The summed E-state index contributed by atoms with van der Waals surface area (Å²) in [5, 5.41) is 24.6. The van der Waals surface area contributed by atoms with Crippen LogP contribution < -0.4 is 15.6 Å². The summed E-state index contributed by atoms with van der Waals surface area (Å²) in [6.45, 7) is 1.43. The summed E-state index contributed by atoms with van der Waals surface area (Å²) < 4.78 is 34.2. The highest BCUT2D eigenvalue weighted by Gasteiger charge is 2.32. The molecule has 2 atom stereocenters. The van der Waals surface area contributed by atoms with Crippen LogP contribution in [0, 0.1) is 0 Å². The summed E-state index contributed by atoms with van der Waals surface area (Å²) >= 11 is 0. The summed E-state index contributed by atoms with van der Waals surface area (Å²) in [7, 11) is 0. The number of aromatic amines is 1. The lowest BCUT2D eigenvalue weighted by molar-refractivity contribution is -0.0467. The van der Waals surface area contributed by atoms with Crippen LogP contribution in [0.4, 0.5) is 8.78 Å². The molecule has 1 heterocycles. The number of fused-ring (bicyclic) bond motifs is 1. The average Bonchev–Trinajstić information content (AvgIpc) is 2.87. The lowest BCUT2D eigenvalue weighted by atomic mass is 10.0. The van der Waals surface area contributed by atoms with Crippen LogP contribution in [0.3, 0.4) is 0 Å². The van der Waals surface area contributed by atoms with Crippen LogP contribution >= 0.6 is 0 Å². The number of phenols is 1. The van der Waals surface area contributed by atoms with Gasteiger partial charge in [0, 0.05) is 29.6 Å². The second kappa shape index (κ2) is 10.9. The number of aromatic hydroxyl groups is 1. The third kappa shape index (κ3) is 6.08. The largest absolute Gasteiger partial charge is 0.506 e. The number of phenolic OH excluding ortho intramolecular Hbond substituents is 1. The number of alkyl halides is 2. The van der Waals surface area contributed by atoms with E-state index in [1.54, 1.807) is 48.5 Å². The average molecular weight is 495 g/mol. The fourth-order valence-electron chi connectivity index (χ4n) is 4.10. The predicted octanol–water partition coefficient (Wildman–Crippen LogP) is 4.66. The third-order valence-corrected chi connectivity index (χ3v) is 5.98. The van der Waals surface area contributed by atoms with Crippen molar-refractivity contribution in [2.75, 3.05) is 13.2 Å². The van der Waals surface area contributed by atoms with Crippen molar-refractivity contribution < 1.29 is 23.7 Å². The van der Waals surface area contributed by atoms with Gasteiger partial charge in [0.15, 0.2) is 6.61 Å². The van der Waals surface area contributed by atoms with Crippen LogP contribution in [0.25, 0.3) is 10.9 Å². The Labute approximate surface area is 207 Å². The lowest BCUT2D eigenvalue weighted by Crippen LogP contribution is -2.32. The van der Waals surface area contributed by atoms with Crippen molar-refractivity contribution in [1.82, 2.24) is 10.3 Å². The molecule has 3 aromatic carbocycles. The molecule has 8 heteroatoms. The first-order valence-corrected chi connectivity index (χ1v) is 11.6. The van der Waals surface area contributed by atoms with E-state index in [1.807, 2.05) is 13.0 Å². The van der Waals surface area contributed by atoms with Gasteiger partial charge in [-0.1, -0.05) is 48.5 Å². The molecule has 1 unspecified atom stereocenters. The molecule has 0 saturated heterocycles. The number of halogens is 2. The molecular formula is C28H28F2N2O4. The van der Waals surface area contributed by atoms with Crippen LogP contribution in [0.1, 0.15) is 29.7 Å². The molecule has 0 aliphatic carbocycles. The van der Waals surface area contributed by atoms with E-state index in [2.05, 4.69) is 10.3 Å². The van der Waals surface area contributed by atoms with E-state index < -0.39 is 18.6 Å². The van der Waals surface area contributed by atoms with E-state index in [1.165, 1.54) is 24.3 Å². The number of H-pyrrole nitrogens is 1. The standard InChI is InChI=1S/C28H28F2N2O4/c1-18(31-16-25(34)22-10-12-24(33)27-23(22)11-13-26(35)32-27)14-19-6-5-9-21(15-19)36-17-28(29,30)20-7-3-2-4-8-20/h2-13,15,18,25,31,33-34H,14,16-17H2,1H3,(H,32,35)/t18?,25-/m0/s1. The SMILES string of the molecule is CC(Cc1cccc(OCC(F)(F)c2ccccc2)c1)NC[C@H](O)c1ccc(O)c2[nH]c(=O)ccc12. The fraction of sp³-hybridized carbons (Fsp3) is 0.250. The number of nitrogens with one attached hydrogen (secondary N) is 2. The van der Waals surface area contributed by atoms with E-state index in [9.17, 15) is 23.8 Å².